The van der Waals surface area contributed by atoms with Gasteiger partial charge in [-0.15, -0.1) is 6.58 Å². The molecule has 0 saturated heterocycles. The van der Waals surface area contributed by atoms with E-state index < -0.39 is 0 Å². The van der Waals surface area contributed by atoms with Gasteiger partial charge in [0.1, 0.15) is 0 Å². The molecule has 0 saturated carbocycles. The maximum absolute atomic E-state index is 9.07. The second-order valence-corrected chi connectivity index (χ2v) is 3.71. The van der Waals surface area contributed by atoms with Crippen molar-refractivity contribution in [2.75, 3.05) is 0 Å². The van der Waals surface area contributed by atoms with Gasteiger partial charge in [-0.3, -0.25) is 0 Å². The van der Waals surface area contributed by atoms with Crippen molar-refractivity contribution in [1.29, 1.82) is 5.26 Å². The van der Waals surface area contributed by atoms with Crippen molar-refractivity contribution in [3.05, 3.63) is 24.3 Å². The van der Waals surface area contributed by atoms with Gasteiger partial charge in [-0.25, -0.2) is 0 Å². The summed E-state index contributed by atoms with van der Waals surface area (Å²) in [5.41, 5.74) is 0.920. The molecule has 0 aliphatic carbocycles. The van der Waals surface area contributed by atoms with Crippen LogP contribution in [0.15, 0.2) is 24.3 Å². The molecule has 1 unspecified atom stereocenters. The number of allylic oxidation sites excluding steroid dienone is 3. The van der Waals surface area contributed by atoms with Crippen LogP contribution in [0, 0.1) is 16.7 Å². The smallest absolute Gasteiger partial charge is 0.0785 e. The Labute approximate surface area is 81.8 Å². The number of nitriles is 1. The summed E-state index contributed by atoms with van der Waals surface area (Å²) in [5, 5.41) is 9.07. The third-order valence-electron chi connectivity index (χ3n) is 2.18. The zero-order valence-electron chi connectivity index (χ0n) is 8.93. The lowest BCUT2D eigenvalue weighted by Crippen LogP contribution is -2.13. The number of nitrogens with zero attached hydrogens (tertiary/aromatic N) is 1. The summed E-state index contributed by atoms with van der Waals surface area (Å²) in [6, 6.07) is 2.36. The second kappa shape index (κ2) is 5.59. The Kier molecular flexibility index (Phi) is 5.14. The van der Waals surface area contributed by atoms with Gasteiger partial charge in [0.05, 0.1) is 11.5 Å². The second-order valence-electron chi connectivity index (χ2n) is 3.71. The first kappa shape index (κ1) is 12.0. The first-order valence-corrected chi connectivity index (χ1v) is 4.78. The molecule has 1 heteroatoms. The molecule has 0 aliphatic heterocycles. The van der Waals surface area contributed by atoms with Crippen molar-refractivity contribution in [1.82, 2.24) is 0 Å². The molecule has 0 spiro atoms. The van der Waals surface area contributed by atoms with Crippen LogP contribution in [0.5, 0.6) is 0 Å². The Bertz CT molecular complexity index is 228. The lowest BCUT2D eigenvalue weighted by molar-refractivity contribution is 0.463. The van der Waals surface area contributed by atoms with Crippen molar-refractivity contribution < 1.29 is 0 Å². The van der Waals surface area contributed by atoms with Crippen LogP contribution in [0.2, 0.25) is 0 Å². The molecular formula is C12H19N. The molecule has 13 heavy (non-hydrogen) atoms. The molecule has 0 heterocycles. The molecule has 0 aromatic rings. The van der Waals surface area contributed by atoms with Crippen molar-refractivity contribution in [3.63, 3.8) is 0 Å². The summed E-state index contributed by atoms with van der Waals surface area (Å²) >= 11 is 0. The van der Waals surface area contributed by atoms with E-state index in [9.17, 15) is 0 Å². The minimum Gasteiger partial charge on any atom is -0.197 e. The fraction of sp³-hybridized carbons (Fsp3) is 0.583. The normalized spacial score (nSPS) is 14.0. The van der Waals surface area contributed by atoms with Gasteiger partial charge in [0.2, 0.25) is 0 Å². The summed E-state index contributed by atoms with van der Waals surface area (Å²) in [6.07, 6.45) is 6.62. The van der Waals surface area contributed by atoms with Gasteiger partial charge < -0.3 is 0 Å². The van der Waals surface area contributed by atoms with Crippen LogP contribution in [0.25, 0.3) is 0 Å². The van der Waals surface area contributed by atoms with E-state index in [1.807, 2.05) is 0 Å². The van der Waals surface area contributed by atoms with E-state index in [1.165, 1.54) is 5.57 Å². The van der Waals surface area contributed by atoms with Crippen molar-refractivity contribution in [2.24, 2.45) is 5.41 Å². The fourth-order valence-corrected chi connectivity index (χ4v) is 1.27. The Balaban J connectivity index is 4.50. The van der Waals surface area contributed by atoms with Gasteiger partial charge in [-0.1, -0.05) is 31.1 Å². The molecule has 0 aromatic carbocycles. The summed E-state index contributed by atoms with van der Waals surface area (Å²) in [6.45, 7) is 9.95. The van der Waals surface area contributed by atoms with Crippen LogP contribution in [0.3, 0.4) is 0 Å². The quantitative estimate of drug-likeness (QED) is 0.585. The summed E-state index contributed by atoms with van der Waals surface area (Å²) in [5.74, 6) is 0. The highest BCUT2D eigenvalue weighted by molar-refractivity contribution is 5.14. The fourth-order valence-electron chi connectivity index (χ4n) is 1.27. The van der Waals surface area contributed by atoms with Crippen LogP contribution in [-0.4, -0.2) is 0 Å². The van der Waals surface area contributed by atoms with E-state index in [1.54, 1.807) is 6.08 Å². The zero-order valence-corrected chi connectivity index (χ0v) is 8.93. The molecule has 72 valence electrons. The zero-order chi connectivity index (χ0) is 10.3. The van der Waals surface area contributed by atoms with Crippen LogP contribution >= 0.6 is 0 Å². The van der Waals surface area contributed by atoms with Gasteiger partial charge in [-0.2, -0.15) is 5.26 Å². The van der Waals surface area contributed by atoms with Gasteiger partial charge in [0.25, 0.3) is 0 Å². The maximum Gasteiger partial charge on any atom is 0.0785 e. The highest BCUT2D eigenvalue weighted by atomic mass is 14.3. The first-order valence-electron chi connectivity index (χ1n) is 4.78. The van der Waals surface area contributed by atoms with E-state index >= 15 is 0 Å². The Morgan fingerprint density at radius 1 is 1.54 bits per heavy atom. The average Bonchev–Trinajstić information content (AvgIpc) is 2.12. The number of hydrogen-bond acceptors (Lipinski definition) is 1. The average molecular weight is 177 g/mol. The Hall–Kier alpha value is -1.03. The van der Waals surface area contributed by atoms with Crippen LogP contribution in [-0.2, 0) is 0 Å². The van der Waals surface area contributed by atoms with E-state index in [0.29, 0.717) is 0 Å². The summed E-state index contributed by atoms with van der Waals surface area (Å²) in [4.78, 5) is 0. The molecule has 0 N–H and O–H groups in total. The molecule has 0 bridgehead atoms. The SMILES string of the molecule is C=CC(C#N)(CC=C(C)C)CCC. The minimum atomic E-state index is -0.341. The van der Waals surface area contributed by atoms with E-state index in [4.69, 9.17) is 5.26 Å². The van der Waals surface area contributed by atoms with Crippen molar-refractivity contribution >= 4 is 0 Å². The molecule has 0 fully saturated rings. The Morgan fingerprint density at radius 3 is 2.46 bits per heavy atom. The highest BCUT2D eigenvalue weighted by Crippen LogP contribution is 2.29. The standard InChI is InChI=1S/C12H19N/c1-5-8-12(6-2,10-13)9-7-11(3)4/h6-7H,2,5,8-9H2,1,3-4H3. The van der Waals surface area contributed by atoms with E-state index in [-0.39, 0.29) is 5.41 Å². The van der Waals surface area contributed by atoms with Gasteiger partial charge >= 0.3 is 0 Å². The predicted octanol–water partition coefficient (Wildman–Crippen LogP) is 3.84. The van der Waals surface area contributed by atoms with Crippen LogP contribution < -0.4 is 0 Å². The number of rotatable bonds is 5. The minimum absolute atomic E-state index is 0.341. The van der Waals surface area contributed by atoms with Crippen molar-refractivity contribution in [2.45, 2.75) is 40.0 Å². The third kappa shape index (κ3) is 3.94. The Morgan fingerprint density at radius 2 is 2.15 bits per heavy atom. The predicted molar refractivity (Wildman–Crippen MR) is 57.2 cm³/mol. The molecule has 0 radical (unpaired) electrons. The van der Waals surface area contributed by atoms with Gasteiger partial charge in [0.15, 0.2) is 0 Å². The third-order valence-corrected chi connectivity index (χ3v) is 2.18. The molecule has 0 amide bonds. The summed E-state index contributed by atoms with van der Waals surface area (Å²) < 4.78 is 0. The van der Waals surface area contributed by atoms with E-state index in [2.05, 4.69) is 39.5 Å². The highest BCUT2D eigenvalue weighted by Gasteiger charge is 2.23. The molecule has 1 nitrogen and oxygen atoms in total. The van der Waals surface area contributed by atoms with Crippen LogP contribution in [0.4, 0.5) is 0 Å². The van der Waals surface area contributed by atoms with Gasteiger partial charge in [-0.05, 0) is 26.7 Å². The van der Waals surface area contributed by atoms with E-state index in [0.717, 1.165) is 19.3 Å². The van der Waals surface area contributed by atoms with Crippen molar-refractivity contribution in [3.8, 4) is 6.07 Å². The lowest BCUT2D eigenvalue weighted by Gasteiger charge is -2.19. The molecular weight excluding hydrogens is 158 g/mol. The largest absolute Gasteiger partial charge is 0.197 e. The molecule has 0 rings (SSSR count). The lowest BCUT2D eigenvalue weighted by atomic mass is 9.81. The topological polar surface area (TPSA) is 23.8 Å². The molecule has 0 aliphatic rings. The summed E-state index contributed by atoms with van der Waals surface area (Å²) in [7, 11) is 0. The molecule has 0 aromatic heterocycles. The first-order chi connectivity index (χ1) is 6.10. The molecule has 1 atom stereocenters. The van der Waals surface area contributed by atoms with Gasteiger partial charge in [0, 0.05) is 0 Å². The monoisotopic (exact) mass is 177 g/mol. The number of hydrogen-bond donors (Lipinski definition) is 0. The maximum atomic E-state index is 9.07. The van der Waals surface area contributed by atoms with Crippen LogP contribution in [0.1, 0.15) is 40.0 Å².